The van der Waals surface area contributed by atoms with Gasteiger partial charge in [0, 0.05) is 18.2 Å². The normalized spacial score (nSPS) is 39.2. The number of ether oxygens (including phenoxy) is 1. The summed E-state index contributed by atoms with van der Waals surface area (Å²) < 4.78 is 5.97. The SMILES string of the molecule is O=C(O)CC1CN(C(=O)[C@@H]2C[C@@H]3O[C@H]2[C@H]2C[C@H]23)c2ccccc21. The lowest BCUT2D eigenvalue weighted by Gasteiger charge is -2.25. The molecular weight excluding hydrogens is 294 g/mol. The highest BCUT2D eigenvalue weighted by Gasteiger charge is 2.64. The maximum Gasteiger partial charge on any atom is 0.304 e. The fourth-order valence-corrected chi connectivity index (χ4v) is 4.98. The number of hydrogen-bond donors (Lipinski definition) is 1. The van der Waals surface area contributed by atoms with Gasteiger partial charge in [-0.2, -0.15) is 0 Å². The number of rotatable bonds is 3. The van der Waals surface area contributed by atoms with Crippen molar-refractivity contribution in [1.29, 1.82) is 0 Å². The van der Waals surface area contributed by atoms with E-state index >= 15 is 0 Å². The van der Waals surface area contributed by atoms with E-state index in [0.717, 1.165) is 17.7 Å². The molecule has 1 unspecified atom stereocenters. The van der Waals surface area contributed by atoms with Crippen molar-refractivity contribution < 1.29 is 19.4 Å². The largest absolute Gasteiger partial charge is 0.481 e. The van der Waals surface area contributed by atoms with Gasteiger partial charge >= 0.3 is 5.97 Å². The van der Waals surface area contributed by atoms with Crippen LogP contribution in [0.2, 0.25) is 0 Å². The molecule has 1 aliphatic carbocycles. The zero-order valence-electron chi connectivity index (χ0n) is 12.7. The van der Waals surface area contributed by atoms with Crippen LogP contribution in [-0.4, -0.2) is 35.7 Å². The van der Waals surface area contributed by atoms with Crippen molar-refractivity contribution in [2.75, 3.05) is 11.4 Å². The zero-order valence-corrected chi connectivity index (χ0v) is 12.7. The van der Waals surface area contributed by atoms with Crippen molar-refractivity contribution in [3.63, 3.8) is 0 Å². The lowest BCUT2D eigenvalue weighted by atomic mass is 9.88. The number of benzene rings is 1. The Morgan fingerprint density at radius 1 is 1.22 bits per heavy atom. The number of amides is 1. The first-order valence-electron chi connectivity index (χ1n) is 8.41. The van der Waals surface area contributed by atoms with E-state index in [1.807, 2.05) is 29.2 Å². The highest BCUT2D eigenvalue weighted by atomic mass is 16.5. The highest BCUT2D eigenvalue weighted by Crippen LogP contribution is 2.61. The van der Waals surface area contributed by atoms with Crippen molar-refractivity contribution in [2.24, 2.45) is 17.8 Å². The Balaban J connectivity index is 1.42. The number of carbonyl (C=O) groups is 2. The van der Waals surface area contributed by atoms with E-state index in [4.69, 9.17) is 9.84 Å². The van der Waals surface area contributed by atoms with E-state index in [2.05, 4.69) is 0 Å². The van der Waals surface area contributed by atoms with Crippen LogP contribution in [0.5, 0.6) is 0 Å². The summed E-state index contributed by atoms with van der Waals surface area (Å²) >= 11 is 0. The maximum atomic E-state index is 13.1. The van der Waals surface area contributed by atoms with Crippen LogP contribution in [0.25, 0.3) is 0 Å². The number of aliphatic carboxylic acids is 1. The van der Waals surface area contributed by atoms with E-state index in [1.54, 1.807) is 0 Å². The number of hydrogen-bond acceptors (Lipinski definition) is 3. The molecule has 3 aliphatic heterocycles. The smallest absolute Gasteiger partial charge is 0.304 e. The third-order valence-electron chi connectivity index (χ3n) is 6.08. The first-order valence-corrected chi connectivity index (χ1v) is 8.41. The van der Waals surface area contributed by atoms with E-state index < -0.39 is 5.97 Å². The van der Waals surface area contributed by atoms with Crippen molar-refractivity contribution >= 4 is 17.6 Å². The van der Waals surface area contributed by atoms with Gasteiger partial charge in [0.25, 0.3) is 0 Å². The molecule has 2 bridgehead atoms. The van der Waals surface area contributed by atoms with Crippen LogP contribution >= 0.6 is 0 Å². The Hall–Kier alpha value is -1.88. The number of carboxylic acids is 1. The molecule has 5 nitrogen and oxygen atoms in total. The van der Waals surface area contributed by atoms with Crippen LogP contribution in [0, 0.1) is 17.8 Å². The summed E-state index contributed by atoms with van der Waals surface area (Å²) in [7, 11) is 0. The van der Waals surface area contributed by atoms with Crippen LogP contribution in [0.3, 0.4) is 0 Å². The Kier molecular flexibility index (Phi) is 2.69. The second kappa shape index (κ2) is 4.57. The summed E-state index contributed by atoms with van der Waals surface area (Å²) in [5.74, 6) is 0.456. The monoisotopic (exact) mass is 313 g/mol. The lowest BCUT2D eigenvalue weighted by Crippen LogP contribution is -2.40. The van der Waals surface area contributed by atoms with Gasteiger partial charge < -0.3 is 14.7 Å². The summed E-state index contributed by atoms with van der Waals surface area (Å²) in [5, 5.41) is 9.14. The second-order valence-electron chi connectivity index (χ2n) is 7.35. The predicted molar refractivity (Wildman–Crippen MR) is 82.2 cm³/mol. The van der Waals surface area contributed by atoms with Crippen LogP contribution < -0.4 is 4.90 Å². The van der Waals surface area contributed by atoms with Crippen LogP contribution in [-0.2, 0) is 14.3 Å². The molecule has 1 saturated carbocycles. The fraction of sp³-hybridized carbons (Fsp3) is 0.556. The summed E-state index contributed by atoms with van der Waals surface area (Å²) in [6.07, 6.45) is 2.51. The van der Waals surface area contributed by atoms with Gasteiger partial charge in [-0.05, 0) is 36.3 Å². The Labute approximate surface area is 134 Å². The molecule has 0 radical (unpaired) electrons. The molecular formula is C18H19NO4. The fourth-order valence-electron chi connectivity index (χ4n) is 4.98. The summed E-state index contributed by atoms with van der Waals surface area (Å²) in [4.78, 5) is 26.0. The molecule has 0 aromatic heterocycles. The molecule has 1 amide bonds. The standard InChI is InChI=1S/C18H19NO4/c20-16(21)5-9-8-19(14-4-2-1-3-10(9)14)18(22)13-7-15-11-6-12(11)17(13)23-15/h1-4,9,11-13,15,17H,5-8H2,(H,20,21)/t9?,11-,12+,13-,15+,17+/m1/s1. The first kappa shape index (κ1) is 13.5. The third-order valence-corrected chi connectivity index (χ3v) is 6.08. The van der Waals surface area contributed by atoms with Crippen molar-refractivity contribution in [3.05, 3.63) is 29.8 Å². The number of para-hydroxylation sites is 1. The Morgan fingerprint density at radius 2 is 2.04 bits per heavy atom. The molecule has 120 valence electrons. The molecule has 23 heavy (non-hydrogen) atoms. The van der Waals surface area contributed by atoms with Gasteiger partial charge in [-0.25, -0.2) is 0 Å². The second-order valence-corrected chi connectivity index (χ2v) is 7.35. The van der Waals surface area contributed by atoms with Crippen LogP contribution in [0.15, 0.2) is 24.3 Å². The van der Waals surface area contributed by atoms with Gasteiger partial charge in [-0.15, -0.1) is 0 Å². The molecule has 0 spiro atoms. The molecule has 4 aliphatic rings. The predicted octanol–water partition coefficient (Wildman–Crippen LogP) is 2.01. The number of nitrogens with zero attached hydrogens (tertiary/aromatic N) is 1. The quantitative estimate of drug-likeness (QED) is 0.927. The number of carboxylic acid groups (broad SMARTS) is 1. The molecule has 1 aromatic carbocycles. The molecule has 2 saturated heterocycles. The number of carbonyl (C=O) groups excluding carboxylic acids is 1. The molecule has 1 N–H and O–H groups in total. The van der Waals surface area contributed by atoms with Gasteiger partial charge in [-0.1, -0.05) is 18.2 Å². The zero-order chi connectivity index (χ0) is 15.7. The first-order chi connectivity index (χ1) is 11.1. The molecule has 5 rings (SSSR count). The molecule has 6 atom stereocenters. The summed E-state index contributed by atoms with van der Waals surface area (Å²) in [6, 6.07) is 7.71. The average Bonchev–Trinajstić information content (AvgIpc) is 2.96. The van der Waals surface area contributed by atoms with Crippen molar-refractivity contribution in [1.82, 2.24) is 0 Å². The number of anilines is 1. The summed E-state index contributed by atoms with van der Waals surface area (Å²) in [6.45, 7) is 0.479. The van der Waals surface area contributed by atoms with Crippen LogP contribution in [0.1, 0.15) is 30.7 Å². The summed E-state index contributed by atoms with van der Waals surface area (Å²) in [5.41, 5.74) is 1.87. The molecule has 5 heteroatoms. The Bertz CT molecular complexity index is 702. The minimum atomic E-state index is -0.816. The van der Waals surface area contributed by atoms with Gasteiger partial charge in [-0.3, -0.25) is 9.59 Å². The van der Waals surface area contributed by atoms with Gasteiger partial charge in [0.2, 0.25) is 5.91 Å². The van der Waals surface area contributed by atoms with E-state index in [1.165, 1.54) is 6.42 Å². The topological polar surface area (TPSA) is 66.8 Å². The minimum Gasteiger partial charge on any atom is -0.481 e. The molecule has 1 aromatic rings. The Morgan fingerprint density at radius 3 is 2.78 bits per heavy atom. The van der Waals surface area contributed by atoms with Crippen molar-refractivity contribution in [3.8, 4) is 0 Å². The van der Waals surface area contributed by atoms with Gasteiger partial charge in [0.05, 0.1) is 24.5 Å². The molecule has 3 heterocycles. The minimum absolute atomic E-state index is 0.0413. The van der Waals surface area contributed by atoms with E-state index in [-0.39, 0.29) is 36.4 Å². The third kappa shape index (κ3) is 1.89. The molecule has 3 fully saturated rings. The lowest BCUT2D eigenvalue weighted by molar-refractivity contribution is -0.137. The maximum absolute atomic E-state index is 13.1. The van der Waals surface area contributed by atoms with Crippen LogP contribution in [0.4, 0.5) is 5.69 Å². The van der Waals surface area contributed by atoms with E-state index in [0.29, 0.717) is 18.4 Å². The van der Waals surface area contributed by atoms with E-state index in [9.17, 15) is 9.59 Å². The average molecular weight is 313 g/mol. The highest BCUT2D eigenvalue weighted by molar-refractivity contribution is 5.98. The number of fused-ring (bicyclic) bond motifs is 6. The van der Waals surface area contributed by atoms with Gasteiger partial charge in [0.1, 0.15) is 0 Å². The van der Waals surface area contributed by atoms with Gasteiger partial charge in [0.15, 0.2) is 0 Å². The van der Waals surface area contributed by atoms with Crippen molar-refractivity contribution in [2.45, 2.75) is 37.4 Å².